The minimum Gasteiger partial charge on any atom is -0.308 e. The molecule has 1 aliphatic rings. The van der Waals surface area contributed by atoms with E-state index >= 15 is 0 Å². The molecule has 1 nitrogen and oxygen atoms in total. The first-order valence-electron chi connectivity index (χ1n) is 4.89. The molecule has 0 saturated carbocycles. The lowest BCUT2D eigenvalue weighted by molar-refractivity contribution is 0.254. The Bertz CT molecular complexity index is 173. The van der Waals surface area contributed by atoms with Crippen molar-refractivity contribution in [1.82, 2.24) is 5.32 Å². The van der Waals surface area contributed by atoms with Gasteiger partial charge in [-0.25, -0.2) is 0 Å². The first kappa shape index (κ1) is 9.79. The van der Waals surface area contributed by atoms with Gasteiger partial charge in [-0.2, -0.15) is 0 Å². The quantitative estimate of drug-likeness (QED) is 0.635. The van der Waals surface area contributed by atoms with Gasteiger partial charge >= 0.3 is 0 Å². The summed E-state index contributed by atoms with van der Waals surface area (Å²) in [6.45, 7) is 11.3. The molecule has 1 rings (SSSR count). The van der Waals surface area contributed by atoms with E-state index in [4.69, 9.17) is 0 Å². The molecule has 0 aromatic carbocycles. The fourth-order valence-electron chi connectivity index (χ4n) is 1.25. The van der Waals surface area contributed by atoms with Gasteiger partial charge in [-0.1, -0.05) is 26.0 Å². The zero-order chi connectivity index (χ0) is 9.35. The van der Waals surface area contributed by atoms with Gasteiger partial charge < -0.3 is 5.32 Å². The van der Waals surface area contributed by atoms with Gasteiger partial charge in [0.15, 0.2) is 0 Å². The van der Waals surface area contributed by atoms with Crippen molar-refractivity contribution >= 4 is 0 Å². The molecule has 0 spiro atoms. The average Bonchev–Trinajstić information content (AvgIpc) is 2.65. The first-order chi connectivity index (χ1) is 5.43. The van der Waals surface area contributed by atoms with Crippen molar-refractivity contribution in [3.63, 3.8) is 0 Å². The van der Waals surface area contributed by atoms with Gasteiger partial charge in [0.1, 0.15) is 0 Å². The Kier molecular flexibility index (Phi) is 2.62. The third kappa shape index (κ3) is 2.34. The topological polar surface area (TPSA) is 12.0 Å². The molecule has 1 heteroatoms. The maximum Gasteiger partial charge on any atom is 0.0150 e. The van der Waals surface area contributed by atoms with E-state index in [-0.39, 0.29) is 5.54 Å². The summed E-state index contributed by atoms with van der Waals surface area (Å²) in [5.41, 5.74) is 0.254. The van der Waals surface area contributed by atoms with E-state index in [2.05, 4.69) is 52.1 Å². The zero-order valence-electron chi connectivity index (χ0n) is 8.89. The van der Waals surface area contributed by atoms with Gasteiger partial charge in [0.2, 0.25) is 0 Å². The van der Waals surface area contributed by atoms with Crippen molar-refractivity contribution in [3.05, 3.63) is 12.2 Å². The molecule has 0 bridgehead atoms. The van der Waals surface area contributed by atoms with E-state index in [0.717, 1.165) is 0 Å². The second-order valence-electron chi connectivity index (χ2n) is 4.77. The van der Waals surface area contributed by atoms with Crippen LogP contribution in [0.25, 0.3) is 0 Å². The minimum absolute atomic E-state index is 0.254. The summed E-state index contributed by atoms with van der Waals surface area (Å²) in [6, 6.07) is 0.599. The lowest BCUT2D eigenvalue weighted by Gasteiger charge is -2.34. The normalized spacial score (nSPS) is 20.2. The summed E-state index contributed by atoms with van der Waals surface area (Å²) < 4.78 is 0. The predicted molar refractivity (Wildman–Crippen MR) is 54.1 cm³/mol. The summed E-state index contributed by atoms with van der Waals surface area (Å²) in [7, 11) is 0. The zero-order valence-corrected chi connectivity index (χ0v) is 8.89. The van der Waals surface area contributed by atoms with Crippen LogP contribution in [0.1, 0.15) is 34.6 Å². The van der Waals surface area contributed by atoms with Gasteiger partial charge in [-0.3, -0.25) is 0 Å². The Balaban J connectivity index is 2.37. The highest BCUT2D eigenvalue weighted by Crippen LogP contribution is 2.24. The summed E-state index contributed by atoms with van der Waals surface area (Å²) >= 11 is 0. The van der Waals surface area contributed by atoms with Gasteiger partial charge in [-0.15, -0.1) is 0 Å². The third-order valence-corrected chi connectivity index (χ3v) is 3.04. The molecule has 70 valence electrons. The molecular weight excluding hydrogens is 146 g/mol. The van der Waals surface area contributed by atoms with Crippen molar-refractivity contribution in [2.75, 3.05) is 0 Å². The second-order valence-corrected chi connectivity index (χ2v) is 4.77. The second kappa shape index (κ2) is 3.21. The van der Waals surface area contributed by atoms with Crippen molar-refractivity contribution in [3.8, 4) is 0 Å². The number of rotatable bonds is 4. The fraction of sp³-hybridized carbons (Fsp3) is 0.818. The molecule has 0 aromatic rings. The number of hydrogen-bond donors (Lipinski definition) is 1. The van der Waals surface area contributed by atoms with Crippen LogP contribution in [0, 0.1) is 11.8 Å². The Morgan fingerprint density at radius 2 is 1.67 bits per heavy atom. The minimum atomic E-state index is 0.254. The number of hydrogen-bond acceptors (Lipinski definition) is 1. The highest BCUT2D eigenvalue weighted by Gasteiger charge is 2.28. The first-order valence-corrected chi connectivity index (χ1v) is 4.89. The van der Waals surface area contributed by atoms with Crippen LogP contribution in [0.4, 0.5) is 0 Å². The molecule has 1 N–H and O–H groups in total. The van der Waals surface area contributed by atoms with Crippen molar-refractivity contribution in [1.29, 1.82) is 0 Å². The van der Waals surface area contributed by atoms with E-state index in [0.29, 0.717) is 17.9 Å². The lowest BCUT2D eigenvalue weighted by Crippen LogP contribution is -2.49. The molecule has 0 amide bonds. The Morgan fingerprint density at radius 1 is 1.17 bits per heavy atom. The van der Waals surface area contributed by atoms with E-state index in [1.807, 2.05) is 0 Å². The molecule has 0 radical (unpaired) electrons. The SMILES string of the molecule is CC(NC(C)(C)C(C)C)C1C=C1. The van der Waals surface area contributed by atoms with Gasteiger partial charge in [-0.05, 0) is 26.7 Å². The Hall–Kier alpha value is -0.300. The third-order valence-electron chi connectivity index (χ3n) is 3.04. The predicted octanol–water partition coefficient (Wildman–Crippen LogP) is 2.59. The molecule has 0 heterocycles. The standard InChI is InChI=1S/C11H21N/c1-8(2)11(4,5)12-9(3)10-6-7-10/h6-10,12H,1-5H3. The summed E-state index contributed by atoms with van der Waals surface area (Å²) in [6.07, 6.45) is 4.52. The van der Waals surface area contributed by atoms with Crippen molar-refractivity contribution in [2.45, 2.75) is 46.2 Å². The molecule has 1 atom stereocenters. The van der Waals surface area contributed by atoms with Crippen LogP contribution in [0.5, 0.6) is 0 Å². The van der Waals surface area contributed by atoms with Gasteiger partial charge in [0.25, 0.3) is 0 Å². The molecule has 12 heavy (non-hydrogen) atoms. The van der Waals surface area contributed by atoms with Crippen LogP contribution < -0.4 is 5.32 Å². The van der Waals surface area contributed by atoms with E-state index in [9.17, 15) is 0 Å². The number of nitrogens with one attached hydrogen (secondary N) is 1. The van der Waals surface area contributed by atoms with E-state index in [1.165, 1.54) is 0 Å². The van der Waals surface area contributed by atoms with E-state index in [1.54, 1.807) is 0 Å². The summed E-state index contributed by atoms with van der Waals surface area (Å²) in [4.78, 5) is 0. The van der Waals surface area contributed by atoms with Crippen LogP contribution in [0.3, 0.4) is 0 Å². The van der Waals surface area contributed by atoms with Crippen LogP contribution in [-0.2, 0) is 0 Å². The highest BCUT2D eigenvalue weighted by molar-refractivity contribution is 5.17. The Labute approximate surface area is 76.2 Å². The smallest absolute Gasteiger partial charge is 0.0150 e. The van der Waals surface area contributed by atoms with Crippen LogP contribution >= 0.6 is 0 Å². The maximum absolute atomic E-state index is 3.66. The average molecular weight is 167 g/mol. The maximum atomic E-state index is 3.66. The van der Waals surface area contributed by atoms with Crippen LogP contribution in [0.15, 0.2) is 12.2 Å². The molecule has 0 aromatic heterocycles. The molecular formula is C11H21N. The molecule has 1 aliphatic carbocycles. The van der Waals surface area contributed by atoms with Crippen molar-refractivity contribution < 1.29 is 0 Å². The van der Waals surface area contributed by atoms with Crippen LogP contribution in [-0.4, -0.2) is 11.6 Å². The molecule has 0 fully saturated rings. The molecule has 0 saturated heterocycles. The summed E-state index contributed by atoms with van der Waals surface area (Å²) in [5.74, 6) is 1.39. The Morgan fingerprint density at radius 3 is 2.00 bits per heavy atom. The highest BCUT2D eigenvalue weighted by atomic mass is 15.0. The largest absolute Gasteiger partial charge is 0.308 e. The van der Waals surface area contributed by atoms with Crippen LogP contribution in [0.2, 0.25) is 0 Å². The summed E-state index contributed by atoms with van der Waals surface area (Å²) in [5, 5.41) is 3.66. The van der Waals surface area contributed by atoms with Crippen molar-refractivity contribution in [2.24, 2.45) is 11.8 Å². The monoisotopic (exact) mass is 167 g/mol. The van der Waals surface area contributed by atoms with E-state index < -0.39 is 0 Å². The lowest BCUT2D eigenvalue weighted by atomic mass is 9.89. The van der Waals surface area contributed by atoms with Gasteiger partial charge in [0, 0.05) is 17.5 Å². The fourth-order valence-corrected chi connectivity index (χ4v) is 1.25. The molecule has 0 aliphatic heterocycles. The molecule has 1 unspecified atom stereocenters. The van der Waals surface area contributed by atoms with Gasteiger partial charge in [0.05, 0.1) is 0 Å².